The molecule has 0 aliphatic carbocycles. The van der Waals surface area contributed by atoms with Gasteiger partial charge in [0.1, 0.15) is 0 Å². The van der Waals surface area contributed by atoms with Crippen molar-refractivity contribution in [3.63, 3.8) is 0 Å². The van der Waals surface area contributed by atoms with E-state index >= 15 is 0 Å². The molecule has 0 spiro atoms. The molecule has 106 valence electrons. The topological polar surface area (TPSA) is 99.9 Å². The monoisotopic (exact) mass is 275 g/mol. The Hall–Kier alpha value is -2.28. The lowest BCUT2D eigenvalue weighted by atomic mass is 10.1. The highest BCUT2D eigenvalue weighted by Crippen LogP contribution is 2.21. The Bertz CT molecular complexity index is 623. The Kier molecular flexibility index (Phi) is 4.09. The molecule has 0 aliphatic rings. The minimum atomic E-state index is -0.400. The van der Waals surface area contributed by atoms with Gasteiger partial charge < -0.3 is 5.73 Å². The summed E-state index contributed by atoms with van der Waals surface area (Å²) < 4.78 is 1.58. The van der Waals surface area contributed by atoms with Gasteiger partial charge in [0, 0.05) is 11.6 Å². The van der Waals surface area contributed by atoms with E-state index in [9.17, 15) is 10.1 Å². The van der Waals surface area contributed by atoms with Gasteiger partial charge in [-0.1, -0.05) is 18.6 Å². The van der Waals surface area contributed by atoms with Crippen molar-refractivity contribution in [2.75, 3.05) is 0 Å². The molecule has 1 aromatic heterocycles. The molecule has 0 amide bonds. The second kappa shape index (κ2) is 5.79. The van der Waals surface area contributed by atoms with E-state index in [0.29, 0.717) is 5.56 Å². The number of aryl methyl sites for hydroxylation is 1. The van der Waals surface area contributed by atoms with Crippen LogP contribution < -0.4 is 5.73 Å². The number of benzene rings is 1. The fourth-order valence-corrected chi connectivity index (χ4v) is 2.02. The average Bonchev–Trinajstić information content (AvgIpc) is 2.88. The quantitative estimate of drug-likeness (QED) is 0.666. The van der Waals surface area contributed by atoms with E-state index in [-0.39, 0.29) is 11.7 Å². The summed E-state index contributed by atoms with van der Waals surface area (Å²) >= 11 is 0. The minimum Gasteiger partial charge on any atom is -0.323 e. The van der Waals surface area contributed by atoms with Gasteiger partial charge in [-0.3, -0.25) is 10.1 Å². The summed E-state index contributed by atoms with van der Waals surface area (Å²) in [5.41, 5.74) is 8.12. The van der Waals surface area contributed by atoms with Crippen LogP contribution in [0.15, 0.2) is 24.4 Å². The summed E-state index contributed by atoms with van der Waals surface area (Å²) in [4.78, 5) is 10.4. The standard InChI is InChI=1S/C13H17N5O2/c1-3-4-11(14)12-8-17(16-15-12)10-5-6-13(18(19)20)9(2)7-10/h5-8,11H,3-4,14H2,1-2H3. The van der Waals surface area contributed by atoms with Crippen LogP contribution in [0.1, 0.15) is 37.1 Å². The van der Waals surface area contributed by atoms with Crippen LogP contribution in [0.5, 0.6) is 0 Å². The second-order valence-electron chi connectivity index (χ2n) is 4.71. The molecule has 2 rings (SSSR count). The highest BCUT2D eigenvalue weighted by molar-refractivity contribution is 5.47. The summed E-state index contributed by atoms with van der Waals surface area (Å²) in [6, 6.07) is 4.70. The highest BCUT2D eigenvalue weighted by Gasteiger charge is 2.13. The molecule has 0 aliphatic heterocycles. The number of hydrogen-bond donors (Lipinski definition) is 1. The van der Waals surface area contributed by atoms with Crippen molar-refractivity contribution in [3.8, 4) is 5.69 Å². The van der Waals surface area contributed by atoms with Crippen molar-refractivity contribution >= 4 is 5.69 Å². The molecule has 1 heterocycles. The fourth-order valence-electron chi connectivity index (χ4n) is 2.02. The molecule has 0 radical (unpaired) electrons. The molecule has 2 N–H and O–H groups in total. The molecule has 20 heavy (non-hydrogen) atoms. The van der Waals surface area contributed by atoms with E-state index < -0.39 is 4.92 Å². The molecule has 2 aromatic rings. The molecule has 1 atom stereocenters. The molecular weight excluding hydrogens is 258 g/mol. The summed E-state index contributed by atoms with van der Waals surface area (Å²) in [6.45, 7) is 3.76. The van der Waals surface area contributed by atoms with Gasteiger partial charge in [-0.2, -0.15) is 0 Å². The average molecular weight is 275 g/mol. The number of nitro groups is 1. The third-order valence-electron chi connectivity index (χ3n) is 3.13. The lowest BCUT2D eigenvalue weighted by Gasteiger charge is -2.05. The van der Waals surface area contributed by atoms with Crippen LogP contribution in [0.25, 0.3) is 5.69 Å². The van der Waals surface area contributed by atoms with Crippen LogP contribution in [-0.4, -0.2) is 19.9 Å². The zero-order valence-corrected chi connectivity index (χ0v) is 11.5. The zero-order chi connectivity index (χ0) is 14.7. The number of nitrogens with two attached hydrogens (primary N) is 1. The minimum absolute atomic E-state index is 0.0942. The van der Waals surface area contributed by atoms with Gasteiger partial charge in [-0.25, -0.2) is 4.68 Å². The molecule has 0 fully saturated rings. The fraction of sp³-hybridized carbons (Fsp3) is 0.385. The SMILES string of the molecule is CCCC(N)c1cn(-c2ccc([N+](=O)[O-])c(C)c2)nn1. The number of aromatic nitrogens is 3. The van der Waals surface area contributed by atoms with Gasteiger partial charge in [-0.15, -0.1) is 5.10 Å². The maximum Gasteiger partial charge on any atom is 0.272 e. The first-order valence-electron chi connectivity index (χ1n) is 6.46. The maximum atomic E-state index is 10.8. The predicted octanol–water partition coefficient (Wildman–Crippen LogP) is 2.28. The van der Waals surface area contributed by atoms with Crippen LogP contribution in [-0.2, 0) is 0 Å². The first-order chi connectivity index (χ1) is 9.52. The van der Waals surface area contributed by atoms with E-state index in [1.807, 2.05) is 0 Å². The molecule has 0 saturated heterocycles. The van der Waals surface area contributed by atoms with Gasteiger partial charge in [0.05, 0.1) is 28.5 Å². The van der Waals surface area contributed by atoms with Crippen LogP contribution >= 0.6 is 0 Å². The van der Waals surface area contributed by atoms with Gasteiger partial charge >= 0.3 is 0 Å². The van der Waals surface area contributed by atoms with Crippen LogP contribution in [0, 0.1) is 17.0 Å². The summed E-state index contributed by atoms with van der Waals surface area (Å²) in [6.07, 6.45) is 3.59. The van der Waals surface area contributed by atoms with Crippen molar-refractivity contribution in [2.45, 2.75) is 32.7 Å². The Balaban J connectivity index is 2.28. The van der Waals surface area contributed by atoms with Crippen LogP contribution in [0.3, 0.4) is 0 Å². The predicted molar refractivity (Wildman–Crippen MR) is 74.6 cm³/mol. The molecule has 7 nitrogen and oxygen atoms in total. The van der Waals surface area contributed by atoms with Crippen molar-refractivity contribution in [1.82, 2.24) is 15.0 Å². The van der Waals surface area contributed by atoms with Crippen molar-refractivity contribution in [1.29, 1.82) is 0 Å². The van der Waals surface area contributed by atoms with Crippen LogP contribution in [0.4, 0.5) is 5.69 Å². The Morgan fingerprint density at radius 1 is 1.50 bits per heavy atom. The normalized spacial score (nSPS) is 12.3. The third kappa shape index (κ3) is 2.83. The summed E-state index contributed by atoms with van der Waals surface area (Å²) in [7, 11) is 0. The van der Waals surface area contributed by atoms with E-state index in [0.717, 1.165) is 24.2 Å². The Morgan fingerprint density at radius 3 is 2.85 bits per heavy atom. The van der Waals surface area contributed by atoms with Gasteiger partial charge in [-0.05, 0) is 25.5 Å². The summed E-state index contributed by atoms with van der Waals surface area (Å²) in [5.74, 6) is 0. The largest absolute Gasteiger partial charge is 0.323 e. The number of nitrogens with zero attached hydrogens (tertiary/aromatic N) is 4. The van der Waals surface area contributed by atoms with Gasteiger partial charge in [0.25, 0.3) is 5.69 Å². The van der Waals surface area contributed by atoms with Gasteiger partial charge in [0.2, 0.25) is 0 Å². The van der Waals surface area contributed by atoms with E-state index in [1.54, 1.807) is 29.9 Å². The van der Waals surface area contributed by atoms with E-state index in [1.165, 1.54) is 6.07 Å². The first kappa shape index (κ1) is 14.1. The number of nitro benzene ring substituents is 1. The lowest BCUT2D eigenvalue weighted by molar-refractivity contribution is -0.385. The third-order valence-corrected chi connectivity index (χ3v) is 3.13. The molecule has 0 saturated carbocycles. The maximum absolute atomic E-state index is 10.8. The number of rotatable bonds is 5. The smallest absolute Gasteiger partial charge is 0.272 e. The van der Waals surface area contributed by atoms with Crippen molar-refractivity contribution in [3.05, 3.63) is 45.8 Å². The summed E-state index contributed by atoms with van der Waals surface area (Å²) in [5, 5.41) is 18.9. The molecular formula is C13H17N5O2. The van der Waals surface area contributed by atoms with E-state index in [4.69, 9.17) is 5.73 Å². The van der Waals surface area contributed by atoms with Crippen molar-refractivity contribution < 1.29 is 4.92 Å². The molecule has 1 unspecified atom stereocenters. The van der Waals surface area contributed by atoms with E-state index in [2.05, 4.69) is 17.2 Å². The van der Waals surface area contributed by atoms with Crippen LogP contribution in [0.2, 0.25) is 0 Å². The zero-order valence-electron chi connectivity index (χ0n) is 11.5. The molecule has 1 aromatic carbocycles. The highest BCUT2D eigenvalue weighted by atomic mass is 16.6. The Morgan fingerprint density at radius 2 is 2.25 bits per heavy atom. The first-order valence-corrected chi connectivity index (χ1v) is 6.46. The Labute approximate surface area is 116 Å². The lowest BCUT2D eigenvalue weighted by Crippen LogP contribution is -2.10. The molecule has 7 heteroatoms. The second-order valence-corrected chi connectivity index (χ2v) is 4.71. The molecule has 0 bridgehead atoms. The van der Waals surface area contributed by atoms with Crippen molar-refractivity contribution in [2.24, 2.45) is 5.73 Å². The van der Waals surface area contributed by atoms with Gasteiger partial charge in [0.15, 0.2) is 0 Å². The number of hydrogen-bond acceptors (Lipinski definition) is 5.